The summed E-state index contributed by atoms with van der Waals surface area (Å²) >= 11 is 0. The van der Waals surface area contributed by atoms with Gasteiger partial charge in [-0.2, -0.15) is 0 Å². The number of hydrogen-bond donors (Lipinski definition) is 2. The molecule has 2 aliphatic rings. The molecule has 2 unspecified atom stereocenters. The second-order valence-corrected chi connectivity index (χ2v) is 7.79. The van der Waals surface area contributed by atoms with Crippen LogP contribution in [0.1, 0.15) is 42.2 Å². The van der Waals surface area contributed by atoms with Crippen molar-refractivity contribution in [3.05, 3.63) is 73.9 Å². The molecule has 0 spiro atoms. The van der Waals surface area contributed by atoms with Gasteiger partial charge in [0.2, 0.25) is 0 Å². The van der Waals surface area contributed by atoms with Crippen LogP contribution in [-0.4, -0.2) is 57.7 Å². The molecule has 2 atom stereocenters. The number of aliphatic hydroxyl groups excluding tert-OH is 1. The summed E-state index contributed by atoms with van der Waals surface area (Å²) < 4.78 is 7.91. The van der Waals surface area contributed by atoms with Crippen molar-refractivity contribution in [2.45, 2.75) is 51.5 Å². The molecule has 1 saturated heterocycles. The van der Waals surface area contributed by atoms with Crippen LogP contribution in [0.3, 0.4) is 0 Å². The van der Waals surface area contributed by atoms with Gasteiger partial charge in [0.1, 0.15) is 19.3 Å². The van der Waals surface area contributed by atoms with Crippen molar-refractivity contribution in [1.82, 2.24) is 19.5 Å². The van der Waals surface area contributed by atoms with Crippen LogP contribution >= 0.6 is 0 Å². The molecule has 2 aliphatic heterocycles. The van der Waals surface area contributed by atoms with E-state index in [1.54, 1.807) is 12.7 Å². The Morgan fingerprint density at radius 1 is 1.08 bits per heavy atom. The molecule has 4 heterocycles. The Kier molecular flexibility index (Phi) is 13.9. The summed E-state index contributed by atoms with van der Waals surface area (Å²) in [5, 5.41) is 9.35. The maximum atomic E-state index is 9.35. The fourth-order valence-corrected chi connectivity index (χ4v) is 4.38. The fraction of sp³-hybridized carbons (Fsp3) is 0.407. The van der Waals surface area contributed by atoms with Crippen LogP contribution in [-0.2, 0) is 22.5 Å². The second kappa shape index (κ2) is 16.3. The molecule has 2 aromatic heterocycles. The molecule has 9 heteroatoms. The summed E-state index contributed by atoms with van der Waals surface area (Å²) in [6.45, 7) is 18.0. The Morgan fingerprint density at radius 2 is 1.81 bits per heavy atom. The third-order valence-electron chi connectivity index (χ3n) is 5.84. The highest BCUT2D eigenvalue weighted by molar-refractivity contribution is 5.83. The fourth-order valence-electron chi connectivity index (χ4n) is 4.38. The highest BCUT2D eigenvalue weighted by Crippen LogP contribution is 2.33. The second-order valence-electron chi connectivity index (χ2n) is 7.79. The number of nitrogens with two attached hydrogens (primary N) is 1. The predicted molar refractivity (Wildman–Crippen MR) is 146 cm³/mol. The molecule has 0 saturated carbocycles. The minimum Gasteiger partial charge on any atom is -0.394 e. The number of nitrogens with zero attached hydrogens (tertiary/aromatic N) is 5. The van der Waals surface area contributed by atoms with E-state index < -0.39 is 0 Å². The number of imidazole rings is 1. The zero-order chi connectivity index (χ0) is 27.1. The van der Waals surface area contributed by atoms with E-state index in [-0.39, 0.29) is 18.9 Å². The Hall–Kier alpha value is -3.40. The van der Waals surface area contributed by atoms with Gasteiger partial charge in [0, 0.05) is 13.1 Å². The maximum Gasteiger partial charge on any atom is 0.167 e. The van der Waals surface area contributed by atoms with Crippen molar-refractivity contribution >= 4 is 23.8 Å². The van der Waals surface area contributed by atoms with Crippen LogP contribution in [0, 0.1) is 6.92 Å². The van der Waals surface area contributed by atoms with E-state index in [0.717, 1.165) is 55.8 Å². The number of fused-ring (bicyclic) bond motifs is 2. The summed E-state index contributed by atoms with van der Waals surface area (Å²) in [6.07, 6.45) is 7.07. The summed E-state index contributed by atoms with van der Waals surface area (Å²) in [7, 11) is 1.50. The van der Waals surface area contributed by atoms with E-state index in [1.165, 1.54) is 23.7 Å². The quantitative estimate of drug-likeness (QED) is 0.526. The monoisotopic (exact) mass is 496 g/mol. The molecule has 0 radical (unpaired) electrons. The Morgan fingerprint density at radius 3 is 2.47 bits per heavy atom. The number of hydrogen-bond acceptors (Lipinski definition) is 8. The molecule has 0 amide bonds. The normalized spacial score (nSPS) is 17.9. The van der Waals surface area contributed by atoms with Gasteiger partial charge in [-0.3, -0.25) is 4.57 Å². The summed E-state index contributed by atoms with van der Waals surface area (Å²) in [5.41, 5.74) is 10.2. The smallest absolute Gasteiger partial charge is 0.167 e. The number of aliphatic hydroxyl groups is 1. The van der Waals surface area contributed by atoms with Gasteiger partial charge < -0.3 is 25.3 Å². The third kappa shape index (κ3) is 7.07. The van der Waals surface area contributed by atoms with E-state index in [4.69, 9.17) is 9.53 Å². The Bertz CT molecular complexity index is 1050. The number of carbonyl (C=O) groups is 1. The van der Waals surface area contributed by atoms with Crippen LogP contribution < -0.4 is 10.6 Å². The van der Waals surface area contributed by atoms with Crippen LogP contribution in [0.25, 0.3) is 11.2 Å². The molecule has 3 aromatic rings. The van der Waals surface area contributed by atoms with Gasteiger partial charge in [0.25, 0.3) is 0 Å². The number of rotatable bonds is 3. The minimum atomic E-state index is -0.127. The molecule has 1 fully saturated rings. The maximum absolute atomic E-state index is 9.35. The van der Waals surface area contributed by atoms with Crippen molar-refractivity contribution in [1.29, 1.82) is 0 Å². The van der Waals surface area contributed by atoms with Gasteiger partial charge in [0.05, 0.1) is 19.0 Å². The van der Waals surface area contributed by atoms with Gasteiger partial charge in [0.15, 0.2) is 17.0 Å². The lowest BCUT2D eigenvalue weighted by molar-refractivity contribution is -0.0980. The molecule has 3 N–H and O–H groups in total. The molecular weight excluding hydrogens is 456 g/mol. The average molecular weight is 497 g/mol. The van der Waals surface area contributed by atoms with Crippen molar-refractivity contribution in [3.8, 4) is 0 Å². The molecule has 196 valence electrons. The molecular formula is C27H40N6O3. The van der Waals surface area contributed by atoms with Crippen molar-refractivity contribution in [2.75, 3.05) is 25.1 Å². The van der Waals surface area contributed by atoms with Crippen LogP contribution in [0.5, 0.6) is 0 Å². The first-order valence-corrected chi connectivity index (χ1v) is 11.9. The topological polar surface area (TPSA) is 119 Å². The van der Waals surface area contributed by atoms with E-state index in [0.29, 0.717) is 0 Å². The molecule has 0 aliphatic carbocycles. The minimum absolute atomic E-state index is 0.0516. The van der Waals surface area contributed by atoms with Gasteiger partial charge >= 0.3 is 0 Å². The first-order chi connectivity index (χ1) is 17.7. The van der Waals surface area contributed by atoms with Crippen LogP contribution in [0.2, 0.25) is 0 Å². The molecule has 9 nitrogen and oxygen atoms in total. The zero-order valence-corrected chi connectivity index (χ0v) is 21.6. The Balaban J connectivity index is 0.000000741. The van der Waals surface area contributed by atoms with Gasteiger partial charge in [-0.15, -0.1) is 26.3 Å². The van der Waals surface area contributed by atoms with Crippen LogP contribution in [0.15, 0.2) is 57.2 Å². The number of aromatic nitrogens is 4. The number of aryl methyl sites for hydroxylation is 2. The lowest BCUT2D eigenvalue weighted by Crippen LogP contribution is -2.24. The SMILES string of the molecule is C=C.C=C.C=O.CN.Cc1ccc2c(c1)CN(c1ncnc3c1ncn3C1CCC(CO)O1)CCC2. The highest BCUT2D eigenvalue weighted by atomic mass is 16.5. The average Bonchev–Trinajstić information content (AvgIpc) is 3.55. The number of anilines is 1. The molecule has 0 bridgehead atoms. The van der Waals surface area contributed by atoms with E-state index in [2.05, 4.69) is 77.0 Å². The summed E-state index contributed by atoms with van der Waals surface area (Å²) in [6, 6.07) is 6.74. The molecule has 36 heavy (non-hydrogen) atoms. The number of benzene rings is 1. The molecule has 5 rings (SSSR count). The summed E-state index contributed by atoms with van der Waals surface area (Å²) in [5.74, 6) is 0.884. The Labute approximate surface area is 214 Å². The van der Waals surface area contributed by atoms with Crippen molar-refractivity contribution < 1.29 is 14.6 Å². The third-order valence-corrected chi connectivity index (χ3v) is 5.84. The first-order valence-electron chi connectivity index (χ1n) is 11.9. The zero-order valence-electron chi connectivity index (χ0n) is 21.6. The van der Waals surface area contributed by atoms with Crippen molar-refractivity contribution in [2.24, 2.45) is 5.73 Å². The van der Waals surface area contributed by atoms with Gasteiger partial charge in [-0.25, -0.2) is 15.0 Å². The number of carbonyl (C=O) groups excluding carboxylic acids is 1. The van der Waals surface area contributed by atoms with Crippen molar-refractivity contribution in [3.63, 3.8) is 0 Å². The van der Waals surface area contributed by atoms with E-state index >= 15 is 0 Å². The number of ether oxygens (including phenoxy) is 1. The largest absolute Gasteiger partial charge is 0.394 e. The summed E-state index contributed by atoms with van der Waals surface area (Å²) in [4.78, 5) is 24.1. The lowest BCUT2D eigenvalue weighted by atomic mass is 10.0. The lowest BCUT2D eigenvalue weighted by Gasteiger charge is -2.22. The molecule has 1 aromatic carbocycles. The highest BCUT2D eigenvalue weighted by Gasteiger charge is 2.28. The van der Waals surface area contributed by atoms with E-state index in [1.807, 2.05) is 11.4 Å². The van der Waals surface area contributed by atoms with E-state index in [9.17, 15) is 5.11 Å². The van der Waals surface area contributed by atoms with Crippen LogP contribution in [0.4, 0.5) is 5.82 Å². The standard InChI is InChI=1S/C21H25N5O2.2C2H4.CH5N.CH2O/c1-14-4-5-15-3-2-8-25(10-16(15)9-14)20-19-21(23-12-22-20)26(13-24-19)18-7-6-17(11-27)28-18;4*1-2/h4-5,9,12-13,17-18,27H,2-3,6-8,10-11H2,1H3;2*1-2H2;2H2,1H3;1H2. The van der Waals surface area contributed by atoms with Gasteiger partial charge in [-0.1, -0.05) is 23.8 Å². The predicted octanol–water partition coefficient (Wildman–Crippen LogP) is 3.75. The van der Waals surface area contributed by atoms with Gasteiger partial charge in [-0.05, 0) is 50.8 Å². The first kappa shape index (κ1) is 30.6.